The predicted molar refractivity (Wildman–Crippen MR) is 82.3 cm³/mol. The summed E-state index contributed by atoms with van der Waals surface area (Å²) in [4.78, 5) is 17.3. The van der Waals surface area contributed by atoms with Gasteiger partial charge in [-0.25, -0.2) is 0 Å². The van der Waals surface area contributed by atoms with Gasteiger partial charge < -0.3 is 15.2 Å². The van der Waals surface area contributed by atoms with E-state index in [4.69, 9.17) is 0 Å². The molecule has 1 aliphatic heterocycles. The SMILES string of the molecule is CCc1cc2ccc(CN3CC[N-]CC3)cc2[nH]c1=O.[Y]. The molecule has 4 nitrogen and oxygen atoms in total. The number of fused-ring (bicyclic) bond motifs is 1. The molecular weight excluding hydrogens is 339 g/mol. The van der Waals surface area contributed by atoms with Gasteiger partial charge in [-0.2, -0.15) is 0 Å². The Labute approximate surface area is 150 Å². The van der Waals surface area contributed by atoms with Crippen LogP contribution in [0, 0.1) is 0 Å². The quantitative estimate of drug-likeness (QED) is 0.914. The third-order valence-electron chi connectivity index (χ3n) is 3.92. The number of H-pyrrole nitrogens is 1. The molecule has 1 radical (unpaired) electrons. The number of aromatic nitrogens is 1. The van der Waals surface area contributed by atoms with Crippen molar-refractivity contribution in [3.8, 4) is 0 Å². The van der Waals surface area contributed by atoms with Crippen LogP contribution in [0.2, 0.25) is 0 Å². The Kier molecular flexibility index (Phi) is 6.12. The summed E-state index contributed by atoms with van der Waals surface area (Å²) in [7, 11) is 0. The fourth-order valence-electron chi connectivity index (χ4n) is 2.72. The summed E-state index contributed by atoms with van der Waals surface area (Å²) >= 11 is 0. The monoisotopic (exact) mass is 359 g/mol. The van der Waals surface area contributed by atoms with Crippen LogP contribution < -0.4 is 5.56 Å². The van der Waals surface area contributed by atoms with Gasteiger partial charge >= 0.3 is 0 Å². The van der Waals surface area contributed by atoms with E-state index in [9.17, 15) is 4.79 Å². The molecule has 109 valence electrons. The number of hydrogen-bond donors (Lipinski definition) is 1. The Morgan fingerprint density at radius 3 is 2.71 bits per heavy atom. The standard InChI is InChI=1S/C16H20N3O.Y/c1-2-13-10-14-4-3-12(9-15(14)18-16(13)20)11-19-7-5-17-6-8-19;/h3-4,9-10H,2,5-8,11H2,1H3,(H,18,20);/q-1;. The molecule has 2 aromatic rings. The first-order chi connectivity index (χ1) is 9.76. The van der Waals surface area contributed by atoms with E-state index in [0.717, 1.165) is 55.6 Å². The molecule has 2 heterocycles. The summed E-state index contributed by atoms with van der Waals surface area (Å²) in [6, 6.07) is 8.36. The summed E-state index contributed by atoms with van der Waals surface area (Å²) in [5.74, 6) is 0. The molecule has 1 fully saturated rings. The molecule has 3 rings (SSSR count). The summed E-state index contributed by atoms with van der Waals surface area (Å²) in [5, 5.41) is 5.47. The summed E-state index contributed by atoms with van der Waals surface area (Å²) < 4.78 is 0. The second-order valence-corrected chi connectivity index (χ2v) is 5.35. The Bertz CT molecular complexity index is 662. The summed E-state index contributed by atoms with van der Waals surface area (Å²) in [6.07, 6.45) is 0.768. The fourth-order valence-corrected chi connectivity index (χ4v) is 2.72. The number of rotatable bonds is 3. The zero-order valence-corrected chi connectivity index (χ0v) is 15.3. The summed E-state index contributed by atoms with van der Waals surface area (Å²) in [6.45, 7) is 6.87. The predicted octanol–water partition coefficient (Wildman–Crippen LogP) is 2.28. The maximum absolute atomic E-state index is 11.9. The van der Waals surface area contributed by atoms with Gasteiger partial charge in [-0.15, -0.1) is 13.1 Å². The van der Waals surface area contributed by atoms with Gasteiger partial charge in [-0.05, 0) is 42.6 Å². The van der Waals surface area contributed by atoms with Crippen molar-refractivity contribution in [2.45, 2.75) is 19.9 Å². The van der Waals surface area contributed by atoms with Gasteiger partial charge in [0.2, 0.25) is 0 Å². The van der Waals surface area contributed by atoms with Crippen LogP contribution in [-0.4, -0.2) is 36.1 Å². The number of aromatic amines is 1. The van der Waals surface area contributed by atoms with Gasteiger partial charge in [0.15, 0.2) is 0 Å². The Morgan fingerprint density at radius 1 is 1.24 bits per heavy atom. The molecule has 1 N–H and O–H groups in total. The van der Waals surface area contributed by atoms with Crippen LogP contribution in [0.25, 0.3) is 16.2 Å². The Hall–Kier alpha value is -0.546. The second-order valence-electron chi connectivity index (χ2n) is 5.35. The van der Waals surface area contributed by atoms with Gasteiger partial charge in [-0.1, -0.05) is 19.1 Å². The Morgan fingerprint density at radius 2 is 2.00 bits per heavy atom. The zero-order chi connectivity index (χ0) is 13.9. The van der Waals surface area contributed by atoms with Crippen molar-refractivity contribution in [2.75, 3.05) is 26.2 Å². The molecular formula is C16H20N3OY-. The minimum Gasteiger partial charge on any atom is -0.660 e. The minimum atomic E-state index is 0. The van der Waals surface area contributed by atoms with Crippen molar-refractivity contribution in [2.24, 2.45) is 0 Å². The van der Waals surface area contributed by atoms with E-state index in [-0.39, 0.29) is 38.3 Å². The maximum Gasteiger partial charge on any atom is 0.251 e. The maximum atomic E-state index is 11.9. The van der Waals surface area contributed by atoms with Crippen molar-refractivity contribution < 1.29 is 32.7 Å². The average molecular weight is 359 g/mol. The van der Waals surface area contributed by atoms with Gasteiger partial charge in [0.25, 0.3) is 5.56 Å². The molecule has 0 aliphatic carbocycles. The van der Waals surface area contributed by atoms with Crippen LogP contribution in [0.3, 0.4) is 0 Å². The van der Waals surface area contributed by atoms with Crippen LogP contribution in [0.5, 0.6) is 0 Å². The van der Waals surface area contributed by atoms with Crippen molar-refractivity contribution in [3.63, 3.8) is 0 Å². The van der Waals surface area contributed by atoms with E-state index in [1.807, 2.05) is 13.0 Å². The number of pyridine rings is 1. The van der Waals surface area contributed by atoms with Gasteiger partial charge in [0, 0.05) is 50.3 Å². The molecule has 0 atom stereocenters. The first-order valence-corrected chi connectivity index (χ1v) is 7.26. The molecule has 0 bridgehead atoms. The van der Waals surface area contributed by atoms with E-state index in [1.54, 1.807) is 0 Å². The molecule has 5 heteroatoms. The van der Waals surface area contributed by atoms with Crippen molar-refractivity contribution >= 4 is 10.9 Å². The molecule has 0 saturated carbocycles. The number of nitrogens with zero attached hydrogens (tertiary/aromatic N) is 2. The first kappa shape index (κ1) is 16.8. The minimum absolute atomic E-state index is 0. The van der Waals surface area contributed by atoms with Crippen LogP contribution >= 0.6 is 0 Å². The van der Waals surface area contributed by atoms with Gasteiger partial charge in [-0.3, -0.25) is 4.79 Å². The largest absolute Gasteiger partial charge is 0.660 e. The number of aryl methyl sites for hydroxylation is 1. The van der Waals surface area contributed by atoms with Crippen molar-refractivity contribution in [1.82, 2.24) is 9.88 Å². The van der Waals surface area contributed by atoms with Crippen LogP contribution in [0.15, 0.2) is 29.1 Å². The molecule has 1 aliphatic rings. The van der Waals surface area contributed by atoms with Crippen LogP contribution in [-0.2, 0) is 45.7 Å². The molecule has 1 aromatic heterocycles. The molecule has 0 amide bonds. The molecule has 1 saturated heterocycles. The van der Waals surface area contributed by atoms with Gasteiger partial charge in [0.05, 0.1) is 0 Å². The van der Waals surface area contributed by atoms with Crippen molar-refractivity contribution in [1.29, 1.82) is 0 Å². The fraction of sp³-hybridized carbons (Fsp3) is 0.438. The number of piperazine rings is 1. The number of benzene rings is 1. The van der Waals surface area contributed by atoms with Gasteiger partial charge in [0.1, 0.15) is 0 Å². The normalized spacial score (nSPS) is 15.9. The van der Waals surface area contributed by atoms with Crippen molar-refractivity contribution in [3.05, 3.63) is 51.1 Å². The Balaban J connectivity index is 0.00000161. The first-order valence-electron chi connectivity index (χ1n) is 7.26. The second kappa shape index (κ2) is 7.64. The number of nitrogens with one attached hydrogen (secondary N) is 1. The topological polar surface area (TPSA) is 50.2 Å². The average Bonchev–Trinajstić information content (AvgIpc) is 2.47. The van der Waals surface area contributed by atoms with Crippen LogP contribution in [0.4, 0.5) is 0 Å². The van der Waals surface area contributed by atoms with E-state index in [1.165, 1.54) is 5.56 Å². The van der Waals surface area contributed by atoms with E-state index < -0.39 is 0 Å². The number of hydrogen-bond acceptors (Lipinski definition) is 2. The third-order valence-corrected chi connectivity index (χ3v) is 3.92. The van der Waals surface area contributed by atoms with Crippen LogP contribution in [0.1, 0.15) is 18.1 Å². The van der Waals surface area contributed by atoms with E-state index >= 15 is 0 Å². The smallest absolute Gasteiger partial charge is 0.251 e. The summed E-state index contributed by atoms with van der Waals surface area (Å²) in [5.41, 5.74) is 3.07. The van der Waals surface area contributed by atoms with E-state index in [2.05, 4.69) is 33.4 Å². The third kappa shape index (κ3) is 4.01. The molecule has 0 spiro atoms. The molecule has 1 aromatic carbocycles. The molecule has 21 heavy (non-hydrogen) atoms. The molecule has 0 unspecified atom stereocenters. The zero-order valence-electron chi connectivity index (χ0n) is 12.4. The van der Waals surface area contributed by atoms with E-state index in [0.29, 0.717) is 0 Å².